The number of thioether (sulfide) groups is 1. The zero-order valence-electron chi connectivity index (χ0n) is 15.4. The topological polar surface area (TPSA) is 69.6 Å². The van der Waals surface area contributed by atoms with Crippen molar-refractivity contribution in [2.24, 2.45) is 0 Å². The SMILES string of the molecule is Brc1ccc(-c2nnc(CSc3nnc(-c4cccs4)n3Cc3ccccc3)o2)s1. The average molecular weight is 516 g/mol. The third kappa shape index (κ3) is 4.27. The number of rotatable bonds is 7. The van der Waals surface area contributed by atoms with E-state index in [2.05, 4.69) is 59.1 Å². The second-order valence-electron chi connectivity index (χ2n) is 6.25. The Hall–Kier alpha value is -2.27. The molecular weight excluding hydrogens is 502 g/mol. The summed E-state index contributed by atoms with van der Waals surface area (Å²) in [5.41, 5.74) is 1.19. The van der Waals surface area contributed by atoms with Crippen molar-refractivity contribution in [3.05, 3.63) is 75.2 Å². The summed E-state index contributed by atoms with van der Waals surface area (Å²) in [6, 6.07) is 18.3. The van der Waals surface area contributed by atoms with Crippen LogP contribution in [-0.2, 0) is 12.3 Å². The highest BCUT2D eigenvalue weighted by Gasteiger charge is 2.17. The highest BCUT2D eigenvalue weighted by molar-refractivity contribution is 9.11. The lowest BCUT2D eigenvalue weighted by atomic mass is 10.2. The number of halogens is 1. The monoisotopic (exact) mass is 515 g/mol. The molecule has 0 spiro atoms. The minimum atomic E-state index is 0.525. The molecule has 0 aliphatic carbocycles. The first kappa shape index (κ1) is 19.7. The lowest BCUT2D eigenvalue weighted by molar-refractivity contribution is 0.529. The Bertz CT molecular complexity index is 1250. The normalized spacial score (nSPS) is 11.2. The summed E-state index contributed by atoms with van der Waals surface area (Å²) in [5, 5.41) is 20.1. The molecule has 0 bridgehead atoms. The van der Waals surface area contributed by atoms with Gasteiger partial charge in [0, 0.05) is 0 Å². The van der Waals surface area contributed by atoms with Gasteiger partial charge >= 0.3 is 0 Å². The molecule has 30 heavy (non-hydrogen) atoms. The van der Waals surface area contributed by atoms with Crippen molar-refractivity contribution in [1.29, 1.82) is 0 Å². The van der Waals surface area contributed by atoms with Crippen LogP contribution in [0.5, 0.6) is 0 Å². The van der Waals surface area contributed by atoms with Crippen molar-refractivity contribution >= 4 is 50.4 Å². The summed E-state index contributed by atoms with van der Waals surface area (Å²) in [6.07, 6.45) is 0. The molecule has 4 heterocycles. The number of nitrogens with zero attached hydrogens (tertiary/aromatic N) is 5. The summed E-state index contributed by atoms with van der Waals surface area (Å²) in [5.74, 6) is 2.49. The minimum Gasteiger partial charge on any atom is -0.419 e. The van der Waals surface area contributed by atoms with Gasteiger partial charge in [-0.25, -0.2) is 0 Å². The van der Waals surface area contributed by atoms with Crippen molar-refractivity contribution in [3.63, 3.8) is 0 Å². The maximum Gasteiger partial charge on any atom is 0.257 e. The van der Waals surface area contributed by atoms with E-state index in [4.69, 9.17) is 4.42 Å². The minimum absolute atomic E-state index is 0.525. The molecule has 0 saturated carbocycles. The third-order valence-electron chi connectivity index (χ3n) is 4.22. The van der Waals surface area contributed by atoms with Crippen LogP contribution in [0.3, 0.4) is 0 Å². The van der Waals surface area contributed by atoms with Gasteiger partial charge in [-0.15, -0.1) is 43.1 Å². The van der Waals surface area contributed by atoms with Gasteiger partial charge in [0.2, 0.25) is 5.89 Å². The van der Waals surface area contributed by atoms with Crippen LogP contribution in [0.2, 0.25) is 0 Å². The van der Waals surface area contributed by atoms with Gasteiger partial charge in [0.15, 0.2) is 11.0 Å². The van der Waals surface area contributed by atoms with E-state index in [9.17, 15) is 0 Å². The van der Waals surface area contributed by atoms with Gasteiger partial charge in [0.1, 0.15) is 0 Å². The largest absolute Gasteiger partial charge is 0.419 e. The Morgan fingerprint density at radius 1 is 0.933 bits per heavy atom. The standard InChI is InChI=1S/C20H14BrN5OS3/c21-16-9-8-15(30-16)19-24-22-17(27-19)12-29-20-25-23-18(14-7-4-10-28-14)26(20)11-13-5-2-1-3-6-13/h1-10H,11-12H2. The van der Waals surface area contributed by atoms with Gasteiger partial charge in [-0.3, -0.25) is 4.57 Å². The fourth-order valence-corrected chi connectivity index (χ4v) is 5.66. The molecule has 0 N–H and O–H groups in total. The van der Waals surface area contributed by atoms with Gasteiger partial charge in [-0.05, 0) is 45.1 Å². The number of benzene rings is 1. The van der Waals surface area contributed by atoms with E-state index >= 15 is 0 Å². The van der Waals surface area contributed by atoms with E-state index in [-0.39, 0.29) is 0 Å². The first-order chi connectivity index (χ1) is 14.8. The highest BCUT2D eigenvalue weighted by Crippen LogP contribution is 2.32. The molecule has 0 saturated heterocycles. The van der Waals surface area contributed by atoms with E-state index in [1.54, 1.807) is 34.4 Å². The van der Waals surface area contributed by atoms with Crippen molar-refractivity contribution in [2.45, 2.75) is 17.5 Å². The quantitative estimate of drug-likeness (QED) is 0.239. The first-order valence-electron chi connectivity index (χ1n) is 8.98. The summed E-state index contributed by atoms with van der Waals surface area (Å²) in [4.78, 5) is 2.03. The Kier molecular flexibility index (Phi) is 5.80. The first-order valence-corrected chi connectivity index (χ1v) is 12.5. The molecule has 150 valence electrons. The molecule has 5 aromatic rings. The lowest BCUT2D eigenvalue weighted by Crippen LogP contribution is -2.03. The van der Waals surface area contributed by atoms with Crippen LogP contribution >= 0.6 is 50.4 Å². The van der Waals surface area contributed by atoms with Gasteiger partial charge in [-0.1, -0.05) is 48.2 Å². The molecule has 0 amide bonds. The number of hydrogen-bond donors (Lipinski definition) is 0. The van der Waals surface area contributed by atoms with Crippen LogP contribution in [-0.4, -0.2) is 25.0 Å². The Morgan fingerprint density at radius 2 is 1.83 bits per heavy atom. The van der Waals surface area contributed by atoms with Crippen molar-refractivity contribution < 1.29 is 4.42 Å². The van der Waals surface area contributed by atoms with Crippen LogP contribution in [0.4, 0.5) is 0 Å². The molecular formula is C20H14BrN5OS3. The number of aromatic nitrogens is 5. The molecule has 0 radical (unpaired) electrons. The Balaban J connectivity index is 1.38. The summed E-state index contributed by atoms with van der Waals surface area (Å²) in [7, 11) is 0. The maximum atomic E-state index is 5.83. The van der Waals surface area contributed by atoms with Gasteiger partial charge < -0.3 is 4.42 Å². The van der Waals surface area contributed by atoms with Gasteiger partial charge in [0.25, 0.3) is 5.89 Å². The smallest absolute Gasteiger partial charge is 0.257 e. The highest BCUT2D eigenvalue weighted by atomic mass is 79.9. The molecule has 0 atom stereocenters. The summed E-state index contributed by atoms with van der Waals surface area (Å²) >= 11 is 8.22. The van der Waals surface area contributed by atoms with Crippen LogP contribution in [0, 0.1) is 0 Å². The van der Waals surface area contributed by atoms with Crippen molar-refractivity contribution in [3.8, 4) is 21.5 Å². The van der Waals surface area contributed by atoms with E-state index in [0.717, 1.165) is 24.5 Å². The molecule has 0 aliphatic rings. The summed E-state index contributed by atoms with van der Waals surface area (Å²) in [6.45, 7) is 0.696. The third-order valence-corrected chi connectivity index (χ3v) is 7.65. The maximum absolute atomic E-state index is 5.83. The van der Waals surface area contributed by atoms with E-state index < -0.39 is 0 Å². The van der Waals surface area contributed by atoms with Gasteiger partial charge in [0.05, 0.1) is 25.8 Å². The van der Waals surface area contributed by atoms with Gasteiger partial charge in [-0.2, -0.15) is 0 Å². The van der Waals surface area contributed by atoms with Crippen molar-refractivity contribution in [1.82, 2.24) is 25.0 Å². The molecule has 0 aliphatic heterocycles. The fourth-order valence-electron chi connectivity index (χ4n) is 2.86. The zero-order valence-corrected chi connectivity index (χ0v) is 19.5. The molecule has 1 aromatic carbocycles. The molecule has 6 nitrogen and oxygen atoms in total. The van der Waals surface area contributed by atoms with E-state index in [1.165, 1.54) is 5.56 Å². The molecule has 4 aromatic heterocycles. The Morgan fingerprint density at radius 3 is 2.60 bits per heavy atom. The lowest BCUT2D eigenvalue weighted by Gasteiger charge is -2.09. The van der Waals surface area contributed by atoms with Crippen LogP contribution in [0.15, 0.2) is 73.3 Å². The van der Waals surface area contributed by atoms with Crippen molar-refractivity contribution in [2.75, 3.05) is 0 Å². The van der Waals surface area contributed by atoms with Crippen LogP contribution in [0.1, 0.15) is 11.5 Å². The van der Waals surface area contributed by atoms with Crippen LogP contribution in [0.25, 0.3) is 21.5 Å². The average Bonchev–Trinajstić information content (AvgIpc) is 3.55. The molecule has 0 fully saturated rings. The van der Waals surface area contributed by atoms with Crippen LogP contribution < -0.4 is 0 Å². The zero-order chi connectivity index (χ0) is 20.3. The number of hydrogen-bond acceptors (Lipinski definition) is 8. The summed E-state index contributed by atoms with van der Waals surface area (Å²) < 4.78 is 9.00. The predicted molar refractivity (Wildman–Crippen MR) is 124 cm³/mol. The second-order valence-corrected chi connectivity index (χ2v) is 10.6. The second kappa shape index (κ2) is 8.84. The Labute approximate surface area is 193 Å². The van der Waals surface area contributed by atoms with E-state index in [0.29, 0.717) is 24.1 Å². The molecule has 0 unspecified atom stereocenters. The fraction of sp³-hybridized carbons (Fsp3) is 0.100. The predicted octanol–water partition coefficient (Wildman–Crippen LogP) is 6.22. The molecule has 5 rings (SSSR count). The van der Waals surface area contributed by atoms with E-state index in [1.807, 2.05) is 41.8 Å². The molecule has 10 heteroatoms. The number of thiophene rings is 2.